The summed E-state index contributed by atoms with van der Waals surface area (Å²) in [5.74, 6) is 0.182. The molecule has 104 valence electrons. The van der Waals surface area contributed by atoms with Crippen LogP contribution in [0.2, 0.25) is 0 Å². The van der Waals surface area contributed by atoms with Gasteiger partial charge in [0.15, 0.2) is 11.4 Å². The molecule has 0 radical (unpaired) electrons. The molecule has 4 nitrogen and oxygen atoms in total. The Balaban J connectivity index is 2.78. The Morgan fingerprint density at radius 3 is 2.75 bits per heavy atom. The van der Waals surface area contributed by atoms with Gasteiger partial charge in [0.25, 0.3) is 0 Å². The Bertz CT molecular complexity index is 740. The monoisotopic (exact) mass is 272 g/mol. The fourth-order valence-electron chi connectivity index (χ4n) is 2.05. The summed E-state index contributed by atoms with van der Waals surface area (Å²) in [6, 6.07) is 4.90. The maximum Gasteiger partial charge on any atom is 0.336 e. The summed E-state index contributed by atoms with van der Waals surface area (Å²) < 4.78 is 10.9. The second-order valence-corrected chi connectivity index (χ2v) is 4.68. The highest BCUT2D eigenvalue weighted by atomic mass is 16.5. The molecule has 0 saturated carbocycles. The van der Waals surface area contributed by atoms with Crippen LogP contribution in [0, 0.1) is 6.92 Å². The third-order valence-corrected chi connectivity index (χ3v) is 3.08. The van der Waals surface area contributed by atoms with E-state index in [4.69, 9.17) is 9.15 Å². The van der Waals surface area contributed by atoms with E-state index >= 15 is 0 Å². The number of fused-ring (bicyclic) bond motifs is 1. The summed E-state index contributed by atoms with van der Waals surface area (Å²) in [4.78, 5) is 23.4. The molecule has 2 aromatic rings. The van der Waals surface area contributed by atoms with Gasteiger partial charge in [-0.15, -0.1) is 0 Å². The van der Waals surface area contributed by atoms with E-state index in [1.165, 1.54) is 13.0 Å². The second-order valence-electron chi connectivity index (χ2n) is 4.68. The van der Waals surface area contributed by atoms with Crippen LogP contribution in [0.1, 0.15) is 29.8 Å². The largest absolute Gasteiger partial charge is 0.486 e. The maximum atomic E-state index is 11.9. The fraction of sp³-hybridized carbons (Fsp3) is 0.250. The van der Waals surface area contributed by atoms with Gasteiger partial charge in [0.05, 0.1) is 0 Å². The number of rotatable bonds is 4. The highest BCUT2D eigenvalue weighted by molar-refractivity contribution is 6.07. The standard InChI is InChI=1S/C16H16O4/c1-5-10(3)19-13-7-6-12-9(2)8-14(18)20-16(12)15(13)11(4)17/h5-8,10H,1H2,2-4H3. The van der Waals surface area contributed by atoms with E-state index < -0.39 is 5.63 Å². The molecule has 0 saturated heterocycles. The first-order valence-electron chi connectivity index (χ1n) is 6.31. The number of hydrogen-bond donors (Lipinski definition) is 0. The molecule has 2 rings (SSSR count). The van der Waals surface area contributed by atoms with Crippen molar-refractivity contribution in [3.05, 3.63) is 52.4 Å². The molecule has 0 spiro atoms. The number of ketones is 1. The third kappa shape index (κ3) is 2.50. The van der Waals surface area contributed by atoms with Gasteiger partial charge in [-0.05, 0) is 38.5 Å². The van der Waals surface area contributed by atoms with Crippen LogP contribution < -0.4 is 10.4 Å². The van der Waals surface area contributed by atoms with E-state index in [9.17, 15) is 9.59 Å². The lowest BCUT2D eigenvalue weighted by atomic mass is 10.0. The van der Waals surface area contributed by atoms with Crippen molar-refractivity contribution < 1.29 is 13.9 Å². The molecule has 1 aromatic heterocycles. The van der Waals surface area contributed by atoms with Crippen molar-refractivity contribution in [2.75, 3.05) is 0 Å². The number of ether oxygens (including phenoxy) is 1. The summed E-state index contributed by atoms with van der Waals surface area (Å²) in [7, 11) is 0. The number of aryl methyl sites for hydroxylation is 1. The zero-order valence-electron chi connectivity index (χ0n) is 11.7. The molecule has 1 unspecified atom stereocenters. The van der Waals surface area contributed by atoms with Crippen LogP contribution in [-0.4, -0.2) is 11.9 Å². The molecule has 0 amide bonds. The summed E-state index contributed by atoms with van der Waals surface area (Å²) in [5.41, 5.74) is 0.849. The maximum absolute atomic E-state index is 11.9. The van der Waals surface area contributed by atoms with Gasteiger partial charge in [-0.2, -0.15) is 0 Å². The Labute approximate surface area is 116 Å². The molecule has 0 fully saturated rings. The molecule has 0 bridgehead atoms. The lowest BCUT2D eigenvalue weighted by Crippen LogP contribution is -2.11. The van der Waals surface area contributed by atoms with Gasteiger partial charge in [-0.1, -0.05) is 12.7 Å². The van der Waals surface area contributed by atoms with Crippen molar-refractivity contribution >= 4 is 16.8 Å². The highest BCUT2D eigenvalue weighted by Gasteiger charge is 2.18. The van der Waals surface area contributed by atoms with Crippen LogP contribution in [0.5, 0.6) is 5.75 Å². The summed E-state index contributed by atoms with van der Waals surface area (Å²) in [5, 5.41) is 0.730. The number of hydrogen-bond acceptors (Lipinski definition) is 4. The second kappa shape index (κ2) is 5.33. The van der Waals surface area contributed by atoms with Gasteiger partial charge in [-0.3, -0.25) is 4.79 Å². The first-order chi connectivity index (χ1) is 9.43. The van der Waals surface area contributed by atoms with Crippen LogP contribution >= 0.6 is 0 Å². The van der Waals surface area contributed by atoms with Gasteiger partial charge < -0.3 is 9.15 Å². The van der Waals surface area contributed by atoms with Crippen molar-refractivity contribution in [2.24, 2.45) is 0 Å². The van der Waals surface area contributed by atoms with Gasteiger partial charge in [-0.25, -0.2) is 4.79 Å². The Morgan fingerprint density at radius 1 is 1.45 bits per heavy atom. The topological polar surface area (TPSA) is 56.5 Å². The predicted molar refractivity (Wildman–Crippen MR) is 77.5 cm³/mol. The van der Waals surface area contributed by atoms with Crippen molar-refractivity contribution in [2.45, 2.75) is 26.9 Å². The van der Waals surface area contributed by atoms with Crippen LogP contribution in [0.15, 0.2) is 40.1 Å². The Kier molecular flexibility index (Phi) is 3.74. The SMILES string of the molecule is C=CC(C)Oc1ccc2c(C)cc(=O)oc2c1C(C)=O. The number of Topliss-reactive ketones (excluding diaryl/α,β-unsaturated/α-hetero) is 1. The highest BCUT2D eigenvalue weighted by Crippen LogP contribution is 2.30. The summed E-state index contributed by atoms with van der Waals surface area (Å²) >= 11 is 0. The molecule has 1 aromatic carbocycles. The average molecular weight is 272 g/mol. The van der Waals surface area contributed by atoms with Crippen LogP contribution in [0.3, 0.4) is 0 Å². The summed E-state index contributed by atoms with van der Waals surface area (Å²) in [6.07, 6.45) is 1.38. The Morgan fingerprint density at radius 2 is 2.15 bits per heavy atom. The molecule has 1 atom stereocenters. The van der Waals surface area contributed by atoms with Gasteiger partial charge in [0.1, 0.15) is 17.4 Å². The molecule has 0 aliphatic rings. The number of benzene rings is 1. The van der Waals surface area contributed by atoms with Crippen molar-refractivity contribution in [3.63, 3.8) is 0 Å². The van der Waals surface area contributed by atoms with Crippen LogP contribution in [0.25, 0.3) is 11.0 Å². The molecular weight excluding hydrogens is 256 g/mol. The molecule has 4 heteroatoms. The molecule has 0 aliphatic heterocycles. The third-order valence-electron chi connectivity index (χ3n) is 3.08. The lowest BCUT2D eigenvalue weighted by molar-refractivity contribution is 0.101. The van der Waals surface area contributed by atoms with Gasteiger partial charge >= 0.3 is 5.63 Å². The lowest BCUT2D eigenvalue weighted by Gasteiger charge is -2.15. The normalized spacial score (nSPS) is 12.2. The number of carbonyl (C=O) groups is 1. The predicted octanol–water partition coefficient (Wildman–Crippen LogP) is 3.26. The molecule has 1 heterocycles. The molecule has 0 aliphatic carbocycles. The minimum atomic E-state index is -0.480. The van der Waals surface area contributed by atoms with E-state index in [1.807, 2.05) is 6.92 Å². The molecular formula is C16H16O4. The zero-order chi connectivity index (χ0) is 14.9. The number of carbonyl (C=O) groups excluding carboxylic acids is 1. The van der Waals surface area contributed by atoms with Crippen LogP contribution in [0.4, 0.5) is 0 Å². The van der Waals surface area contributed by atoms with E-state index in [1.54, 1.807) is 25.1 Å². The van der Waals surface area contributed by atoms with Crippen LogP contribution in [-0.2, 0) is 0 Å². The van der Waals surface area contributed by atoms with E-state index in [-0.39, 0.29) is 23.0 Å². The molecule has 0 N–H and O–H groups in total. The smallest absolute Gasteiger partial charge is 0.336 e. The van der Waals surface area contributed by atoms with E-state index in [2.05, 4.69) is 6.58 Å². The van der Waals surface area contributed by atoms with Crippen molar-refractivity contribution in [1.82, 2.24) is 0 Å². The fourth-order valence-corrected chi connectivity index (χ4v) is 2.05. The van der Waals surface area contributed by atoms with Gasteiger partial charge in [0, 0.05) is 11.5 Å². The minimum absolute atomic E-state index is 0.212. The summed E-state index contributed by atoms with van der Waals surface area (Å²) in [6.45, 7) is 8.67. The average Bonchev–Trinajstić information content (AvgIpc) is 2.37. The van der Waals surface area contributed by atoms with E-state index in [0.29, 0.717) is 5.75 Å². The zero-order valence-corrected chi connectivity index (χ0v) is 11.7. The first kappa shape index (κ1) is 14.1. The van der Waals surface area contributed by atoms with Crippen molar-refractivity contribution in [3.8, 4) is 5.75 Å². The minimum Gasteiger partial charge on any atom is -0.486 e. The molecule has 20 heavy (non-hydrogen) atoms. The quantitative estimate of drug-likeness (QED) is 0.487. The van der Waals surface area contributed by atoms with Gasteiger partial charge in [0.2, 0.25) is 0 Å². The first-order valence-corrected chi connectivity index (χ1v) is 6.31. The van der Waals surface area contributed by atoms with E-state index in [0.717, 1.165) is 10.9 Å². The van der Waals surface area contributed by atoms with Crippen molar-refractivity contribution in [1.29, 1.82) is 0 Å². The Hall–Kier alpha value is -2.36.